The Morgan fingerprint density at radius 3 is 3.18 bits per heavy atom. The molecule has 28 heavy (non-hydrogen) atoms. The molecule has 0 saturated heterocycles. The van der Waals surface area contributed by atoms with E-state index < -0.39 is 0 Å². The molecule has 1 aliphatic carbocycles. The van der Waals surface area contributed by atoms with Crippen molar-refractivity contribution in [1.82, 2.24) is 15.2 Å². The van der Waals surface area contributed by atoms with Gasteiger partial charge in [0, 0.05) is 17.3 Å². The van der Waals surface area contributed by atoms with Crippen LogP contribution >= 0.6 is 23.1 Å². The first-order chi connectivity index (χ1) is 13.6. The molecule has 3 aromatic heterocycles. The van der Waals surface area contributed by atoms with Crippen LogP contribution in [0.25, 0.3) is 11.5 Å². The summed E-state index contributed by atoms with van der Waals surface area (Å²) in [6.07, 6.45) is 6.26. The Labute approximate surface area is 170 Å². The third-order valence-corrected chi connectivity index (χ3v) is 6.51. The quantitative estimate of drug-likeness (QED) is 0.634. The van der Waals surface area contributed by atoms with Gasteiger partial charge in [-0.2, -0.15) is 5.26 Å². The first-order valence-electron chi connectivity index (χ1n) is 8.85. The van der Waals surface area contributed by atoms with E-state index in [1.54, 1.807) is 18.5 Å². The van der Waals surface area contributed by atoms with Gasteiger partial charge in [-0.25, -0.2) is 0 Å². The van der Waals surface area contributed by atoms with Crippen molar-refractivity contribution < 1.29 is 9.21 Å². The lowest BCUT2D eigenvalue weighted by Crippen LogP contribution is -2.14. The fraction of sp³-hybridized carbons (Fsp3) is 0.316. The fourth-order valence-electron chi connectivity index (χ4n) is 3.12. The highest BCUT2D eigenvalue weighted by Gasteiger charge is 2.24. The van der Waals surface area contributed by atoms with E-state index in [-0.39, 0.29) is 11.7 Å². The molecule has 0 spiro atoms. The molecule has 0 aliphatic heterocycles. The molecule has 1 amide bonds. The molecule has 9 heteroatoms. The molecule has 1 atom stereocenters. The smallest absolute Gasteiger partial charge is 0.277 e. The van der Waals surface area contributed by atoms with Crippen LogP contribution in [-0.2, 0) is 17.6 Å². The molecule has 4 rings (SSSR count). The number of amides is 1. The van der Waals surface area contributed by atoms with E-state index in [1.807, 2.05) is 6.07 Å². The van der Waals surface area contributed by atoms with Crippen molar-refractivity contribution in [3.63, 3.8) is 0 Å². The van der Waals surface area contributed by atoms with Gasteiger partial charge in [0.2, 0.25) is 11.8 Å². The fourth-order valence-corrected chi connectivity index (χ4v) is 5.06. The first-order valence-corrected chi connectivity index (χ1v) is 10.7. The lowest BCUT2D eigenvalue weighted by molar-refractivity contribution is -0.113. The Hall–Kier alpha value is -2.70. The number of thiophene rings is 1. The molecule has 142 valence electrons. The third-order valence-electron chi connectivity index (χ3n) is 4.52. The van der Waals surface area contributed by atoms with Gasteiger partial charge in [-0.3, -0.25) is 9.78 Å². The Kier molecular flexibility index (Phi) is 5.41. The minimum atomic E-state index is -0.200. The topological polar surface area (TPSA) is 105 Å². The van der Waals surface area contributed by atoms with Crippen LogP contribution in [0.4, 0.5) is 5.00 Å². The van der Waals surface area contributed by atoms with E-state index in [2.05, 4.69) is 33.5 Å². The van der Waals surface area contributed by atoms with Crippen molar-refractivity contribution in [2.24, 2.45) is 5.92 Å². The number of thioether (sulfide) groups is 1. The molecular weight excluding hydrogens is 394 g/mol. The molecule has 3 aromatic rings. The van der Waals surface area contributed by atoms with E-state index in [0.717, 1.165) is 42.2 Å². The number of anilines is 1. The maximum absolute atomic E-state index is 12.4. The summed E-state index contributed by atoms with van der Waals surface area (Å²) in [6, 6.07) is 5.87. The molecule has 0 saturated carbocycles. The number of hydrogen-bond donors (Lipinski definition) is 1. The van der Waals surface area contributed by atoms with Gasteiger partial charge < -0.3 is 9.73 Å². The standard InChI is InChI=1S/C19H17N5O2S2/c1-11-4-5-13-14(8-20)18(28-15(13)7-11)22-16(25)10-27-19-24-23-17(26-19)12-3-2-6-21-9-12/h2-3,6,9,11H,4-5,7,10H2,1H3,(H,22,25). The minimum absolute atomic E-state index is 0.124. The van der Waals surface area contributed by atoms with Crippen LogP contribution in [0.2, 0.25) is 0 Å². The zero-order valence-electron chi connectivity index (χ0n) is 15.1. The number of fused-ring (bicyclic) bond motifs is 1. The molecule has 3 heterocycles. The lowest BCUT2D eigenvalue weighted by Gasteiger charge is -2.17. The Morgan fingerprint density at radius 1 is 1.50 bits per heavy atom. The van der Waals surface area contributed by atoms with Gasteiger partial charge in [-0.15, -0.1) is 21.5 Å². The number of carbonyl (C=O) groups is 1. The zero-order valence-corrected chi connectivity index (χ0v) is 16.8. The molecule has 0 fully saturated rings. The van der Waals surface area contributed by atoms with Crippen molar-refractivity contribution in [3.8, 4) is 17.5 Å². The number of hydrogen-bond acceptors (Lipinski definition) is 8. The van der Waals surface area contributed by atoms with Crippen LogP contribution in [0.5, 0.6) is 0 Å². The third kappa shape index (κ3) is 3.93. The Bertz CT molecular complexity index is 1040. The van der Waals surface area contributed by atoms with Crippen LogP contribution in [0.1, 0.15) is 29.3 Å². The second-order valence-electron chi connectivity index (χ2n) is 6.62. The summed E-state index contributed by atoms with van der Waals surface area (Å²) in [6.45, 7) is 2.22. The molecule has 0 radical (unpaired) electrons. The average Bonchev–Trinajstić information content (AvgIpc) is 3.31. The van der Waals surface area contributed by atoms with Crippen molar-refractivity contribution in [2.75, 3.05) is 11.1 Å². The summed E-state index contributed by atoms with van der Waals surface area (Å²) < 4.78 is 5.56. The number of nitrogens with one attached hydrogen (secondary N) is 1. The highest BCUT2D eigenvalue weighted by atomic mass is 32.2. The largest absolute Gasteiger partial charge is 0.411 e. The molecule has 0 bridgehead atoms. The number of nitrogens with zero attached hydrogens (tertiary/aromatic N) is 4. The number of rotatable bonds is 5. The van der Waals surface area contributed by atoms with Gasteiger partial charge in [-0.1, -0.05) is 18.7 Å². The van der Waals surface area contributed by atoms with E-state index in [1.165, 1.54) is 16.2 Å². The molecule has 0 aromatic carbocycles. The lowest BCUT2D eigenvalue weighted by atomic mass is 9.89. The Balaban J connectivity index is 1.39. The molecule has 1 aliphatic rings. The van der Waals surface area contributed by atoms with Crippen molar-refractivity contribution in [2.45, 2.75) is 31.4 Å². The van der Waals surface area contributed by atoms with Gasteiger partial charge >= 0.3 is 0 Å². The van der Waals surface area contributed by atoms with E-state index in [4.69, 9.17) is 4.42 Å². The van der Waals surface area contributed by atoms with Crippen LogP contribution in [0.3, 0.4) is 0 Å². The second kappa shape index (κ2) is 8.12. The van der Waals surface area contributed by atoms with Crippen LogP contribution < -0.4 is 5.32 Å². The van der Waals surface area contributed by atoms with Crippen molar-refractivity contribution >= 4 is 34.0 Å². The van der Waals surface area contributed by atoms with Gasteiger partial charge in [0.1, 0.15) is 11.1 Å². The molecular formula is C19H17N5O2S2. The van der Waals surface area contributed by atoms with E-state index >= 15 is 0 Å². The highest BCUT2D eigenvalue weighted by molar-refractivity contribution is 7.99. The number of aromatic nitrogens is 3. The SMILES string of the molecule is CC1CCc2c(sc(NC(=O)CSc3nnc(-c4cccnc4)o3)c2C#N)C1. The number of pyridine rings is 1. The summed E-state index contributed by atoms with van der Waals surface area (Å²) in [5.74, 6) is 0.902. The van der Waals surface area contributed by atoms with E-state index in [9.17, 15) is 10.1 Å². The van der Waals surface area contributed by atoms with Gasteiger partial charge in [-0.05, 0) is 42.9 Å². The average molecular weight is 412 g/mol. The summed E-state index contributed by atoms with van der Waals surface area (Å²) in [4.78, 5) is 17.6. The van der Waals surface area contributed by atoms with Gasteiger partial charge in [0.25, 0.3) is 5.22 Å². The molecule has 1 unspecified atom stereocenters. The summed E-state index contributed by atoms with van der Waals surface area (Å²) in [5.41, 5.74) is 2.44. The monoisotopic (exact) mass is 411 g/mol. The number of nitriles is 1. The predicted octanol–water partition coefficient (Wildman–Crippen LogP) is 3.92. The Morgan fingerprint density at radius 2 is 2.39 bits per heavy atom. The highest BCUT2D eigenvalue weighted by Crippen LogP contribution is 2.39. The maximum Gasteiger partial charge on any atom is 0.277 e. The second-order valence-corrected chi connectivity index (χ2v) is 8.65. The summed E-state index contributed by atoms with van der Waals surface area (Å²) >= 11 is 2.68. The minimum Gasteiger partial charge on any atom is -0.411 e. The first kappa shape index (κ1) is 18.7. The zero-order chi connectivity index (χ0) is 19.5. The normalized spacial score (nSPS) is 15.6. The summed E-state index contributed by atoms with van der Waals surface area (Å²) in [5, 5.41) is 21.3. The van der Waals surface area contributed by atoms with Crippen LogP contribution in [0, 0.1) is 17.2 Å². The molecule has 7 nitrogen and oxygen atoms in total. The van der Waals surface area contributed by atoms with E-state index in [0.29, 0.717) is 27.6 Å². The van der Waals surface area contributed by atoms with Crippen molar-refractivity contribution in [3.05, 3.63) is 40.5 Å². The van der Waals surface area contributed by atoms with Gasteiger partial charge in [0.05, 0.1) is 16.9 Å². The maximum atomic E-state index is 12.4. The number of carbonyl (C=O) groups excluding carboxylic acids is 1. The van der Waals surface area contributed by atoms with Crippen LogP contribution in [0.15, 0.2) is 34.2 Å². The van der Waals surface area contributed by atoms with Gasteiger partial charge in [0.15, 0.2) is 0 Å². The predicted molar refractivity (Wildman–Crippen MR) is 107 cm³/mol. The summed E-state index contributed by atoms with van der Waals surface area (Å²) in [7, 11) is 0. The van der Waals surface area contributed by atoms with Crippen LogP contribution in [-0.4, -0.2) is 26.8 Å². The molecule has 1 N–H and O–H groups in total. The van der Waals surface area contributed by atoms with Crippen molar-refractivity contribution in [1.29, 1.82) is 5.26 Å².